The van der Waals surface area contributed by atoms with Gasteiger partial charge < -0.3 is 10.5 Å². The lowest BCUT2D eigenvalue weighted by molar-refractivity contribution is 0.328. The van der Waals surface area contributed by atoms with E-state index in [-0.39, 0.29) is 5.41 Å². The van der Waals surface area contributed by atoms with Crippen molar-refractivity contribution in [3.8, 4) is 5.75 Å². The van der Waals surface area contributed by atoms with Crippen LogP contribution in [0, 0.1) is 5.41 Å². The van der Waals surface area contributed by atoms with E-state index in [1.54, 1.807) is 0 Å². The number of ether oxygens (including phenoxy) is 1. The maximum absolute atomic E-state index is 5.58. The van der Waals surface area contributed by atoms with Crippen LogP contribution in [-0.2, 0) is 0 Å². The zero-order valence-electron chi connectivity index (χ0n) is 13.5. The summed E-state index contributed by atoms with van der Waals surface area (Å²) in [7, 11) is 0. The van der Waals surface area contributed by atoms with Crippen molar-refractivity contribution < 1.29 is 4.74 Å². The number of hydrogen-bond donors (Lipinski definition) is 1. The molecule has 0 amide bonds. The molecule has 114 valence electrons. The van der Waals surface area contributed by atoms with Gasteiger partial charge in [0.25, 0.3) is 0 Å². The van der Waals surface area contributed by atoms with E-state index in [2.05, 4.69) is 45.1 Å². The van der Waals surface area contributed by atoms with E-state index in [1.807, 2.05) is 12.1 Å². The maximum atomic E-state index is 5.58. The Hall–Kier alpha value is -1.54. The molecule has 2 N–H and O–H groups in total. The van der Waals surface area contributed by atoms with Crippen molar-refractivity contribution in [3.63, 3.8) is 0 Å². The van der Waals surface area contributed by atoms with E-state index in [0.29, 0.717) is 13.2 Å². The zero-order chi connectivity index (χ0) is 15.3. The topological polar surface area (TPSA) is 35.2 Å². The molecule has 0 atom stereocenters. The van der Waals surface area contributed by atoms with Crippen LogP contribution in [0.2, 0.25) is 0 Å². The lowest BCUT2D eigenvalue weighted by atomic mass is 9.72. The Morgan fingerprint density at radius 1 is 1.29 bits per heavy atom. The van der Waals surface area contributed by atoms with Gasteiger partial charge in [0, 0.05) is 6.54 Å². The third-order valence-corrected chi connectivity index (χ3v) is 4.23. The largest absolute Gasteiger partial charge is 0.492 e. The molecule has 2 nitrogen and oxygen atoms in total. The first kappa shape index (κ1) is 15.8. The first-order valence-electron chi connectivity index (χ1n) is 7.84. The molecule has 0 unspecified atom stereocenters. The summed E-state index contributed by atoms with van der Waals surface area (Å²) in [5.74, 6) is 0.885. The van der Waals surface area contributed by atoms with E-state index in [9.17, 15) is 0 Å². The minimum Gasteiger partial charge on any atom is -0.492 e. The minimum absolute atomic E-state index is 0.284. The fourth-order valence-corrected chi connectivity index (χ4v) is 3.07. The van der Waals surface area contributed by atoms with E-state index < -0.39 is 0 Å². The standard InChI is InChI=1S/C19H27NO/c1-15-6-5-11-19(2,3)18(15)10-9-16-7-4-8-17(14-16)21-13-12-20/h4,7-10,14H,5-6,11-13,20H2,1-3H3. The van der Waals surface area contributed by atoms with Gasteiger partial charge in [0.2, 0.25) is 0 Å². The highest BCUT2D eigenvalue weighted by atomic mass is 16.5. The monoisotopic (exact) mass is 285 g/mol. The fourth-order valence-electron chi connectivity index (χ4n) is 3.07. The molecule has 0 saturated carbocycles. The smallest absolute Gasteiger partial charge is 0.119 e. The molecule has 1 aromatic carbocycles. The number of hydrogen-bond acceptors (Lipinski definition) is 2. The Morgan fingerprint density at radius 3 is 2.81 bits per heavy atom. The molecule has 0 heterocycles. The van der Waals surface area contributed by atoms with Crippen molar-refractivity contribution in [3.05, 3.63) is 47.1 Å². The summed E-state index contributed by atoms with van der Waals surface area (Å²) in [5.41, 5.74) is 9.94. The third kappa shape index (κ3) is 4.21. The molecule has 1 aliphatic carbocycles. The van der Waals surface area contributed by atoms with Crippen molar-refractivity contribution in [2.45, 2.75) is 40.0 Å². The van der Waals surface area contributed by atoms with Crippen molar-refractivity contribution >= 4 is 6.08 Å². The highest BCUT2D eigenvalue weighted by Gasteiger charge is 2.26. The summed E-state index contributed by atoms with van der Waals surface area (Å²) in [5, 5.41) is 0. The van der Waals surface area contributed by atoms with Gasteiger partial charge in [-0.3, -0.25) is 0 Å². The molecule has 0 aromatic heterocycles. The summed E-state index contributed by atoms with van der Waals surface area (Å²) in [6, 6.07) is 8.18. The number of allylic oxidation sites excluding steroid dienone is 3. The van der Waals surface area contributed by atoms with E-state index in [0.717, 1.165) is 5.75 Å². The lowest BCUT2D eigenvalue weighted by Crippen LogP contribution is -2.18. The van der Waals surface area contributed by atoms with Gasteiger partial charge in [0.1, 0.15) is 12.4 Å². The molecule has 0 fully saturated rings. The minimum atomic E-state index is 0.284. The molecule has 0 aliphatic heterocycles. The molecule has 0 bridgehead atoms. The van der Waals surface area contributed by atoms with Crippen molar-refractivity contribution in [2.24, 2.45) is 11.1 Å². The van der Waals surface area contributed by atoms with Gasteiger partial charge in [-0.2, -0.15) is 0 Å². The van der Waals surface area contributed by atoms with Gasteiger partial charge in [-0.05, 0) is 54.9 Å². The van der Waals surface area contributed by atoms with Crippen LogP contribution in [-0.4, -0.2) is 13.2 Å². The van der Waals surface area contributed by atoms with E-state index in [1.165, 1.54) is 36.0 Å². The predicted octanol–water partition coefficient (Wildman–Crippen LogP) is 4.56. The van der Waals surface area contributed by atoms with Gasteiger partial charge in [-0.25, -0.2) is 0 Å². The van der Waals surface area contributed by atoms with Crippen LogP contribution >= 0.6 is 0 Å². The second kappa shape index (κ2) is 6.95. The Kier molecular flexibility index (Phi) is 5.24. The molecule has 2 rings (SSSR count). The molecule has 1 aliphatic rings. The Bertz CT molecular complexity index is 540. The average Bonchev–Trinajstić information content (AvgIpc) is 2.44. The molecule has 0 saturated heterocycles. The second-order valence-electron chi connectivity index (χ2n) is 6.47. The van der Waals surface area contributed by atoms with Crippen LogP contribution < -0.4 is 10.5 Å². The van der Waals surface area contributed by atoms with Crippen LogP contribution in [0.15, 0.2) is 41.5 Å². The second-order valence-corrected chi connectivity index (χ2v) is 6.47. The van der Waals surface area contributed by atoms with Crippen LogP contribution in [0.1, 0.15) is 45.6 Å². The summed E-state index contributed by atoms with van der Waals surface area (Å²) < 4.78 is 5.58. The number of benzene rings is 1. The molecule has 1 aromatic rings. The van der Waals surface area contributed by atoms with Crippen LogP contribution in [0.25, 0.3) is 6.08 Å². The van der Waals surface area contributed by atoms with Crippen LogP contribution in [0.3, 0.4) is 0 Å². The van der Waals surface area contributed by atoms with Crippen LogP contribution in [0.4, 0.5) is 0 Å². The van der Waals surface area contributed by atoms with Gasteiger partial charge in [0.05, 0.1) is 0 Å². The van der Waals surface area contributed by atoms with Gasteiger partial charge in [-0.15, -0.1) is 0 Å². The Morgan fingerprint density at radius 2 is 2.10 bits per heavy atom. The summed E-state index contributed by atoms with van der Waals surface area (Å²) >= 11 is 0. The summed E-state index contributed by atoms with van der Waals surface area (Å²) in [4.78, 5) is 0. The first-order chi connectivity index (χ1) is 10.0. The molecular weight excluding hydrogens is 258 g/mol. The maximum Gasteiger partial charge on any atom is 0.119 e. The lowest BCUT2D eigenvalue weighted by Gasteiger charge is -2.32. The Labute approximate surface area is 128 Å². The van der Waals surface area contributed by atoms with Crippen LogP contribution in [0.5, 0.6) is 5.75 Å². The quantitative estimate of drug-likeness (QED) is 0.860. The Balaban J connectivity index is 2.17. The van der Waals surface area contributed by atoms with Crippen molar-refractivity contribution in [1.82, 2.24) is 0 Å². The summed E-state index contributed by atoms with van der Waals surface area (Å²) in [6.07, 6.45) is 8.28. The fraction of sp³-hybridized carbons (Fsp3) is 0.474. The van der Waals surface area contributed by atoms with E-state index in [4.69, 9.17) is 10.5 Å². The van der Waals surface area contributed by atoms with E-state index >= 15 is 0 Å². The number of nitrogens with two attached hydrogens (primary N) is 1. The van der Waals surface area contributed by atoms with Crippen molar-refractivity contribution in [2.75, 3.05) is 13.2 Å². The van der Waals surface area contributed by atoms with Gasteiger partial charge in [0.15, 0.2) is 0 Å². The highest BCUT2D eigenvalue weighted by Crippen LogP contribution is 2.40. The molecular formula is C19H27NO. The zero-order valence-corrected chi connectivity index (χ0v) is 13.5. The third-order valence-electron chi connectivity index (χ3n) is 4.23. The molecule has 2 heteroatoms. The number of rotatable bonds is 5. The summed E-state index contributed by atoms with van der Waals surface area (Å²) in [6.45, 7) is 8.05. The average molecular weight is 285 g/mol. The molecule has 21 heavy (non-hydrogen) atoms. The molecule has 0 radical (unpaired) electrons. The molecule has 0 spiro atoms. The highest BCUT2D eigenvalue weighted by molar-refractivity contribution is 5.56. The van der Waals surface area contributed by atoms with Gasteiger partial charge in [-0.1, -0.05) is 43.7 Å². The SMILES string of the molecule is CC1=C(C=Cc2cccc(OCCN)c2)C(C)(C)CCC1. The predicted molar refractivity (Wildman–Crippen MR) is 90.4 cm³/mol. The normalized spacial score (nSPS) is 18.3. The van der Waals surface area contributed by atoms with Gasteiger partial charge >= 0.3 is 0 Å². The van der Waals surface area contributed by atoms with Crippen molar-refractivity contribution in [1.29, 1.82) is 0 Å². The first-order valence-corrected chi connectivity index (χ1v) is 7.84.